The number of rotatable bonds is 4. The highest BCUT2D eigenvalue weighted by atomic mass is 16.5. The number of amides is 1. The van der Waals surface area contributed by atoms with Gasteiger partial charge in [0.15, 0.2) is 0 Å². The number of carbonyl (C=O) groups excluding carboxylic acids is 2. The predicted molar refractivity (Wildman–Crippen MR) is 93.3 cm³/mol. The van der Waals surface area contributed by atoms with Gasteiger partial charge in [-0.25, -0.2) is 0 Å². The molecule has 0 bridgehead atoms. The molecule has 0 unspecified atom stereocenters. The predicted octanol–water partition coefficient (Wildman–Crippen LogP) is 3.13. The largest absolute Gasteiger partial charge is 0.468 e. The van der Waals surface area contributed by atoms with Crippen LogP contribution in [0.5, 0.6) is 0 Å². The monoisotopic (exact) mass is 316 g/mol. The van der Waals surface area contributed by atoms with Crippen molar-refractivity contribution in [3.63, 3.8) is 0 Å². The molecule has 23 heavy (non-hydrogen) atoms. The second-order valence-electron chi connectivity index (χ2n) is 5.01. The van der Waals surface area contributed by atoms with Gasteiger partial charge in [-0.05, 0) is 17.5 Å². The number of nitrogens with two attached hydrogens (primary N) is 1. The van der Waals surface area contributed by atoms with Crippen molar-refractivity contribution in [2.45, 2.75) is 26.7 Å². The summed E-state index contributed by atoms with van der Waals surface area (Å²) in [4.78, 5) is 23.0. The van der Waals surface area contributed by atoms with Crippen LogP contribution in [0.25, 0.3) is 10.8 Å². The zero-order valence-corrected chi connectivity index (χ0v) is 13.9. The molecule has 5 nitrogen and oxygen atoms in total. The van der Waals surface area contributed by atoms with Crippen molar-refractivity contribution in [1.82, 2.24) is 5.32 Å². The van der Waals surface area contributed by atoms with E-state index in [2.05, 4.69) is 23.9 Å². The third kappa shape index (κ3) is 5.29. The molecule has 1 amide bonds. The number of hydrogen-bond acceptors (Lipinski definition) is 4. The maximum absolute atomic E-state index is 12.0. The maximum atomic E-state index is 12.0. The highest BCUT2D eigenvalue weighted by Crippen LogP contribution is 2.24. The van der Waals surface area contributed by atoms with Crippen molar-refractivity contribution >= 4 is 28.3 Å². The number of nitrogens with one attached hydrogen (secondary N) is 1. The molecule has 5 heteroatoms. The number of unbranched alkanes of at least 4 members (excludes halogenated alkanes) is 1. The first-order chi connectivity index (χ1) is 11.0. The Hall–Kier alpha value is -2.56. The Morgan fingerprint density at radius 1 is 1.04 bits per heavy atom. The molecule has 0 atom stereocenters. The van der Waals surface area contributed by atoms with Crippen LogP contribution in [0.1, 0.15) is 37.0 Å². The summed E-state index contributed by atoms with van der Waals surface area (Å²) in [5, 5.41) is 4.07. The van der Waals surface area contributed by atoms with Gasteiger partial charge in [0.25, 0.3) is 5.91 Å². The van der Waals surface area contributed by atoms with Gasteiger partial charge >= 0.3 is 5.97 Å². The van der Waals surface area contributed by atoms with Crippen LogP contribution in [0.2, 0.25) is 0 Å². The summed E-state index contributed by atoms with van der Waals surface area (Å²) in [7, 11) is 1.27. The van der Waals surface area contributed by atoms with Gasteiger partial charge in [0.2, 0.25) is 0 Å². The first kappa shape index (κ1) is 18.5. The van der Waals surface area contributed by atoms with Crippen molar-refractivity contribution in [3.8, 4) is 0 Å². The van der Waals surface area contributed by atoms with Crippen molar-refractivity contribution in [3.05, 3.63) is 42.0 Å². The molecule has 0 aliphatic carbocycles. The van der Waals surface area contributed by atoms with Gasteiger partial charge in [-0.1, -0.05) is 51.0 Å². The molecule has 0 aromatic heterocycles. The normalized spacial score (nSPS) is 9.70. The first-order valence-corrected chi connectivity index (χ1v) is 7.67. The number of nitrogen functional groups attached to an aromatic ring is 1. The van der Waals surface area contributed by atoms with Crippen LogP contribution in [0, 0.1) is 0 Å². The molecule has 0 aliphatic rings. The zero-order chi connectivity index (χ0) is 17.2. The van der Waals surface area contributed by atoms with E-state index in [1.54, 1.807) is 12.1 Å². The van der Waals surface area contributed by atoms with Crippen LogP contribution in [0.3, 0.4) is 0 Å². The van der Waals surface area contributed by atoms with E-state index in [0.717, 1.165) is 10.8 Å². The second kappa shape index (κ2) is 9.46. The Bertz CT molecular complexity index is 666. The Morgan fingerprint density at radius 3 is 2.22 bits per heavy atom. The van der Waals surface area contributed by atoms with Gasteiger partial charge < -0.3 is 15.8 Å². The van der Waals surface area contributed by atoms with Crippen molar-refractivity contribution in [2.75, 3.05) is 19.4 Å². The average Bonchev–Trinajstić information content (AvgIpc) is 2.60. The van der Waals surface area contributed by atoms with Crippen LogP contribution in [0.4, 0.5) is 5.69 Å². The fourth-order valence-electron chi connectivity index (χ4n) is 1.84. The van der Waals surface area contributed by atoms with E-state index in [1.807, 2.05) is 24.3 Å². The van der Waals surface area contributed by atoms with Crippen LogP contribution >= 0.6 is 0 Å². The fraction of sp³-hybridized carbons (Fsp3) is 0.333. The lowest BCUT2D eigenvalue weighted by molar-refractivity contribution is -0.139. The van der Waals surface area contributed by atoms with Gasteiger partial charge in [0, 0.05) is 16.6 Å². The quantitative estimate of drug-likeness (QED) is 0.670. The number of ether oxygens (including phenoxy) is 1. The summed E-state index contributed by atoms with van der Waals surface area (Å²) in [6.07, 6.45) is 2.64. The minimum atomic E-state index is -0.492. The molecule has 0 saturated heterocycles. The molecular formula is C18H24N2O3. The molecule has 2 aromatic carbocycles. The Balaban J connectivity index is 0.000000593. The molecule has 2 aromatic rings. The topological polar surface area (TPSA) is 81.4 Å². The van der Waals surface area contributed by atoms with E-state index in [0.29, 0.717) is 11.3 Å². The lowest BCUT2D eigenvalue weighted by Crippen LogP contribution is -2.30. The Morgan fingerprint density at radius 2 is 1.65 bits per heavy atom. The van der Waals surface area contributed by atoms with Crippen LogP contribution < -0.4 is 11.1 Å². The molecule has 0 heterocycles. The third-order valence-electron chi connectivity index (χ3n) is 3.32. The standard InChI is InChI=1S/C14H14N2O3.C4H10/c1-19-13(17)8-16-14(18)11-6-7-12(15)10-5-3-2-4-9(10)11;1-3-4-2/h2-7H,8,15H2,1H3,(H,16,18);3-4H2,1-2H3. The van der Waals surface area contributed by atoms with Gasteiger partial charge in [0.05, 0.1) is 7.11 Å². The van der Waals surface area contributed by atoms with Crippen LogP contribution in [-0.2, 0) is 9.53 Å². The van der Waals surface area contributed by atoms with E-state index < -0.39 is 5.97 Å². The summed E-state index contributed by atoms with van der Waals surface area (Å²) in [5.41, 5.74) is 6.95. The smallest absolute Gasteiger partial charge is 0.325 e. The van der Waals surface area contributed by atoms with Crippen LogP contribution in [-0.4, -0.2) is 25.5 Å². The number of methoxy groups -OCH3 is 1. The summed E-state index contributed by atoms with van der Waals surface area (Å²) in [5.74, 6) is -0.824. The Kier molecular flexibility index (Phi) is 7.60. The van der Waals surface area contributed by atoms with Crippen molar-refractivity contribution in [1.29, 1.82) is 0 Å². The van der Waals surface area contributed by atoms with Gasteiger partial charge in [-0.15, -0.1) is 0 Å². The average molecular weight is 316 g/mol. The summed E-state index contributed by atoms with van der Waals surface area (Å²) < 4.78 is 4.47. The Labute approximate surface area is 136 Å². The molecule has 0 aliphatic heterocycles. The van der Waals surface area contributed by atoms with Crippen molar-refractivity contribution < 1.29 is 14.3 Å². The van der Waals surface area contributed by atoms with Gasteiger partial charge in [0.1, 0.15) is 6.54 Å². The number of anilines is 1. The van der Waals surface area contributed by atoms with Gasteiger partial charge in [-0.3, -0.25) is 9.59 Å². The van der Waals surface area contributed by atoms with E-state index in [-0.39, 0.29) is 12.5 Å². The number of esters is 1. The molecule has 0 radical (unpaired) electrons. The first-order valence-electron chi connectivity index (χ1n) is 7.67. The minimum absolute atomic E-state index is 0.159. The van der Waals surface area contributed by atoms with Gasteiger partial charge in [-0.2, -0.15) is 0 Å². The highest BCUT2D eigenvalue weighted by Gasteiger charge is 2.12. The lowest BCUT2D eigenvalue weighted by Gasteiger charge is -2.09. The molecular weight excluding hydrogens is 292 g/mol. The fourth-order valence-corrected chi connectivity index (χ4v) is 1.84. The maximum Gasteiger partial charge on any atom is 0.325 e. The van der Waals surface area contributed by atoms with E-state index in [1.165, 1.54) is 20.0 Å². The van der Waals surface area contributed by atoms with E-state index in [9.17, 15) is 9.59 Å². The number of carbonyl (C=O) groups is 2. The van der Waals surface area contributed by atoms with Crippen molar-refractivity contribution in [2.24, 2.45) is 0 Å². The number of benzene rings is 2. The van der Waals surface area contributed by atoms with Crippen LogP contribution in [0.15, 0.2) is 36.4 Å². The number of hydrogen-bond donors (Lipinski definition) is 2. The summed E-state index contributed by atoms with van der Waals surface area (Å²) >= 11 is 0. The third-order valence-corrected chi connectivity index (χ3v) is 3.32. The summed E-state index contributed by atoms with van der Waals surface area (Å²) in [6, 6.07) is 10.7. The minimum Gasteiger partial charge on any atom is -0.468 e. The van der Waals surface area contributed by atoms with E-state index >= 15 is 0 Å². The lowest BCUT2D eigenvalue weighted by atomic mass is 10.0. The molecule has 124 valence electrons. The zero-order valence-electron chi connectivity index (χ0n) is 13.9. The molecule has 3 N–H and O–H groups in total. The molecule has 0 spiro atoms. The highest BCUT2D eigenvalue weighted by molar-refractivity contribution is 6.10. The molecule has 0 fully saturated rings. The number of fused-ring (bicyclic) bond motifs is 1. The summed E-state index contributed by atoms with van der Waals surface area (Å²) in [6.45, 7) is 4.20. The van der Waals surface area contributed by atoms with E-state index in [4.69, 9.17) is 5.73 Å². The molecule has 0 saturated carbocycles. The SMILES string of the molecule is CCCC.COC(=O)CNC(=O)c1ccc(N)c2ccccc12. The molecule has 2 rings (SSSR count). The second-order valence-corrected chi connectivity index (χ2v) is 5.01.